The normalized spacial score (nSPS) is 14.7. The molecule has 0 fully saturated rings. The lowest BCUT2D eigenvalue weighted by Gasteiger charge is -2.28. The molecule has 0 saturated carbocycles. The van der Waals surface area contributed by atoms with Crippen molar-refractivity contribution in [2.45, 2.75) is 52.9 Å². The summed E-state index contributed by atoms with van der Waals surface area (Å²) in [6.45, 7) is 5.91. The predicted octanol–water partition coefficient (Wildman–Crippen LogP) is 1.41. The van der Waals surface area contributed by atoms with Gasteiger partial charge >= 0.3 is 17.8 Å². The second-order valence-electron chi connectivity index (χ2n) is 8.06. The van der Waals surface area contributed by atoms with Gasteiger partial charge < -0.3 is 19.8 Å². The molecule has 2 N–H and O–H groups in total. The Morgan fingerprint density at radius 1 is 1.34 bits per heavy atom. The third-order valence-electron chi connectivity index (χ3n) is 4.55. The van der Waals surface area contributed by atoms with E-state index in [0.29, 0.717) is 6.42 Å². The predicted molar refractivity (Wildman–Crippen MR) is 102 cm³/mol. The lowest BCUT2D eigenvalue weighted by atomic mass is 9.93. The number of carboxylic acids is 1. The van der Waals surface area contributed by atoms with Crippen molar-refractivity contribution in [3.63, 3.8) is 0 Å². The van der Waals surface area contributed by atoms with Crippen molar-refractivity contribution in [3.8, 4) is 0 Å². The van der Waals surface area contributed by atoms with E-state index in [-0.39, 0.29) is 56.1 Å². The van der Waals surface area contributed by atoms with Crippen LogP contribution in [-0.4, -0.2) is 62.1 Å². The summed E-state index contributed by atoms with van der Waals surface area (Å²) in [5.41, 5.74) is 7.60. The van der Waals surface area contributed by atoms with Gasteiger partial charge in [0.2, 0.25) is 0 Å². The van der Waals surface area contributed by atoms with Crippen molar-refractivity contribution in [2.75, 3.05) is 19.7 Å². The molecule has 0 saturated heterocycles. The summed E-state index contributed by atoms with van der Waals surface area (Å²) < 4.78 is 7.49. The number of carboxylic acid groups (broad SMARTS) is 1. The minimum atomic E-state index is -1.35. The number of aliphatic hydroxyl groups excluding tert-OH is 1. The number of rotatable bonds is 7. The molecular formula is C17H26N6O6. The van der Waals surface area contributed by atoms with Crippen LogP contribution in [0.25, 0.3) is 10.4 Å². The molecule has 29 heavy (non-hydrogen) atoms. The van der Waals surface area contributed by atoms with Crippen LogP contribution in [0.4, 0.5) is 4.79 Å². The minimum absolute atomic E-state index is 0.00673. The Morgan fingerprint density at radius 2 is 2.03 bits per heavy atom. The Labute approximate surface area is 166 Å². The molecule has 0 radical (unpaired) electrons. The van der Waals surface area contributed by atoms with Crippen LogP contribution in [0.5, 0.6) is 0 Å². The van der Waals surface area contributed by atoms with Crippen LogP contribution in [0, 0.1) is 5.41 Å². The fourth-order valence-corrected chi connectivity index (χ4v) is 3.01. The van der Waals surface area contributed by atoms with Gasteiger partial charge in [0, 0.05) is 18.0 Å². The van der Waals surface area contributed by atoms with E-state index in [2.05, 4.69) is 10.0 Å². The Morgan fingerprint density at radius 3 is 2.62 bits per heavy atom. The first-order valence-corrected chi connectivity index (χ1v) is 9.21. The summed E-state index contributed by atoms with van der Waals surface area (Å²) in [7, 11) is 0. The summed E-state index contributed by atoms with van der Waals surface area (Å²) in [5, 5.41) is 22.8. The monoisotopic (exact) mass is 410 g/mol. The van der Waals surface area contributed by atoms with E-state index in [1.807, 2.05) is 20.8 Å². The molecule has 0 bridgehead atoms. The Hall–Kier alpha value is -2.98. The Kier molecular flexibility index (Phi) is 6.93. The fourth-order valence-electron chi connectivity index (χ4n) is 3.01. The molecule has 1 atom stereocenters. The van der Waals surface area contributed by atoms with Crippen LogP contribution in [0.3, 0.4) is 0 Å². The molecule has 1 aromatic rings. The maximum absolute atomic E-state index is 12.6. The number of fused-ring (bicyclic) bond motifs is 1. The standard InChI is InChI=1S/C17H26N6O6/c1-17(2,3)4-7-29-16(28)21-5-6-22-12(10-21)13(14(25)26)23(15(22)27)9-11(24)8-19-20-18/h11,24H,4-10H2,1-3H3,(H,25,26). The zero-order valence-electron chi connectivity index (χ0n) is 16.7. The van der Waals surface area contributed by atoms with Gasteiger partial charge in [0.25, 0.3) is 0 Å². The molecule has 12 nitrogen and oxygen atoms in total. The zero-order valence-corrected chi connectivity index (χ0v) is 16.7. The first-order valence-electron chi connectivity index (χ1n) is 9.21. The number of amides is 1. The first kappa shape index (κ1) is 22.3. The molecule has 0 spiro atoms. The second kappa shape index (κ2) is 9.01. The number of carbonyl (C=O) groups excluding carboxylic acids is 1. The van der Waals surface area contributed by atoms with Gasteiger partial charge in [-0.15, -0.1) is 0 Å². The first-order chi connectivity index (χ1) is 13.5. The third-order valence-corrected chi connectivity index (χ3v) is 4.55. The number of aromatic nitrogens is 2. The van der Waals surface area contributed by atoms with Gasteiger partial charge in [-0.05, 0) is 17.4 Å². The van der Waals surface area contributed by atoms with E-state index in [1.165, 1.54) is 9.47 Å². The summed E-state index contributed by atoms with van der Waals surface area (Å²) in [6, 6.07) is 0. The summed E-state index contributed by atoms with van der Waals surface area (Å²) in [4.78, 5) is 40.6. The van der Waals surface area contributed by atoms with Gasteiger partial charge in [-0.3, -0.25) is 9.13 Å². The number of ether oxygens (including phenoxy) is 1. The lowest BCUT2D eigenvalue weighted by molar-refractivity contribution is 0.0667. The maximum atomic E-state index is 12.6. The molecule has 1 aromatic heterocycles. The van der Waals surface area contributed by atoms with E-state index in [0.717, 1.165) is 4.57 Å². The number of hydrogen-bond acceptors (Lipinski definition) is 6. The summed E-state index contributed by atoms with van der Waals surface area (Å²) in [6.07, 6.45) is -1.11. The topological polar surface area (TPSA) is 163 Å². The molecule has 0 aromatic carbocycles. The smallest absolute Gasteiger partial charge is 0.410 e. The maximum Gasteiger partial charge on any atom is 0.410 e. The molecule has 2 heterocycles. The van der Waals surface area contributed by atoms with E-state index < -0.39 is 23.9 Å². The van der Waals surface area contributed by atoms with Crippen LogP contribution in [0.1, 0.15) is 43.4 Å². The third kappa shape index (κ3) is 5.52. The van der Waals surface area contributed by atoms with Gasteiger partial charge in [-0.2, -0.15) is 0 Å². The number of azide groups is 1. The molecule has 2 rings (SSSR count). The Balaban J connectivity index is 2.21. The van der Waals surface area contributed by atoms with E-state index in [4.69, 9.17) is 10.3 Å². The van der Waals surface area contributed by atoms with Crippen molar-refractivity contribution >= 4 is 12.1 Å². The number of carbonyl (C=O) groups is 2. The Bertz CT molecular complexity index is 876. The van der Waals surface area contributed by atoms with E-state index >= 15 is 0 Å². The van der Waals surface area contributed by atoms with Crippen molar-refractivity contribution < 1.29 is 24.5 Å². The van der Waals surface area contributed by atoms with Crippen LogP contribution in [0.15, 0.2) is 9.91 Å². The fraction of sp³-hybridized carbons (Fsp3) is 0.706. The quantitative estimate of drug-likeness (QED) is 0.392. The van der Waals surface area contributed by atoms with Crippen molar-refractivity contribution in [1.29, 1.82) is 0 Å². The molecule has 0 aliphatic carbocycles. The highest BCUT2D eigenvalue weighted by Crippen LogP contribution is 2.20. The highest BCUT2D eigenvalue weighted by atomic mass is 16.6. The van der Waals surface area contributed by atoms with Crippen LogP contribution >= 0.6 is 0 Å². The number of aliphatic hydroxyl groups is 1. The molecule has 1 aliphatic heterocycles. The number of hydrogen-bond donors (Lipinski definition) is 2. The average molecular weight is 410 g/mol. The van der Waals surface area contributed by atoms with Crippen molar-refractivity contribution in [3.05, 3.63) is 32.3 Å². The second-order valence-corrected chi connectivity index (χ2v) is 8.06. The number of imidazole rings is 1. The summed E-state index contributed by atoms with van der Waals surface area (Å²) in [5.74, 6) is -1.35. The highest BCUT2D eigenvalue weighted by molar-refractivity contribution is 5.87. The van der Waals surface area contributed by atoms with Crippen molar-refractivity contribution in [2.24, 2.45) is 10.5 Å². The minimum Gasteiger partial charge on any atom is -0.477 e. The van der Waals surface area contributed by atoms with Gasteiger partial charge in [0.1, 0.15) is 0 Å². The zero-order chi connectivity index (χ0) is 21.8. The lowest BCUT2D eigenvalue weighted by Crippen LogP contribution is -2.41. The number of nitrogens with zero attached hydrogens (tertiary/aromatic N) is 6. The van der Waals surface area contributed by atoms with Crippen LogP contribution in [0.2, 0.25) is 0 Å². The summed E-state index contributed by atoms with van der Waals surface area (Å²) >= 11 is 0. The SMILES string of the molecule is CC(C)(C)CCOC(=O)N1CCn2c(c(C(=O)O)n(CC(O)CN=[N+]=[N-])c2=O)C1. The molecule has 1 unspecified atom stereocenters. The van der Waals surface area contributed by atoms with Gasteiger partial charge in [0.15, 0.2) is 5.69 Å². The molecule has 12 heteroatoms. The average Bonchev–Trinajstić information content (AvgIpc) is 2.90. The van der Waals surface area contributed by atoms with Crippen LogP contribution < -0.4 is 5.69 Å². The molecule has 160 valence electrons. The number of aromatic carboxylic acids is 1. The van der Waals surface area contributed by atoms with Gasteiger partial charge in [-0.1, -0.05) is 25.9 Å². The van der Waals surface area contributed by atoms with Crippen LogP contribution in [-0.2, 0) is 24.4 Å². The molecular weight excluding hydrogens is 384 g/mol. The molecule has 1 aliphatic rings. The highest BCUT2D eigenvalue weighted by Gasteiger charge is 2.32. The largest absolute Gasteiger partial charge is 0.477 e. The van der Waals surface area contributed by atoms with Crippen molar-refractivity contribution in [1.82, 2.24) is 14.0 Å². The van der Waals surface area contributed by atoms with Gasteiger partial charge in [0.05, 0.1) is 38.0 Å². The van der Waals surface area contributed by atoms with E-state index in [9.17, 15) is 24.6 Å². The molecule has 1 amide bonds. The van der Waals surface area contributed by atoms with Gasteiger partial charge in [-0.25, -0.2) is 14.4 Å². The van der Waals surface area contributed by atoms with E-state index in [1.54, 1.807) is 0 Å².